The first kappa shape index (κ1) is 18.4. The van der Waals surface area contributed by atoms with Crippen molar-refractivity contribution in [2.45, 2.75) is 32.9 Å². The summed E-state index contributed by atoms with van der Waals surface area (Å²) < 4.78 is 0. The SMILES string of the molecule is CC(C)NC(=O)Nc1nc2c(s1)CN(C(=O)c1ccc3ccccc3c1)CC2. The summed E-state index contributed by atoms with van der Waals surface area (Å²) in [7, 11) is 0. The highest BCUT2D eigenvalue weighted by Gasteiger charge is 2.25. The minimum Gasteiger partial charge on any atom is -0.336 e. The molecule has 4 rings (SSSR count). The molecule has 0 radical (unpaired) electrons. The molecule has 144 valence electrons. The highest BCUT2D eigenvalue weighted by atomic mass is 32.1. The Labute approximate surface area is 167 Å². The predicted molar refractivity (Wildman–Crippen MR) is 112 cm³/mol. The minimum absolute atomic E-state index is 0.0249. The molecule has 1 aromatic heterocycles. The lowest BCUT2D eigenvalue weighted by molar-refractivity contribution is 0.0736. The van der Waals surface area contributed by atoms with Crippen molar-refractivity contribution in [3.8, 4) is 0 Å². The van der Waals surface area contributed by atoms with Crippen LogP contribution in [0.2, 0.25) is 0 Å². The second kappa shape index (κ2) is 7.59. The number of urea groups is 1. The largest absolute Gasteiger partial charge is 0.336 e. The Morgan fingerprint density at radius 1 is 1.14 bits per heavy atom. The summed E-state index contributed by atoms with van der Waals surface area (Å²) in [5.41, 5.74) is 1.66. The molecule has 3 aromatic rings. The van der Waals surface area contributed by atoms with Gasteiger partial charge >= 0.3 is 6.03 Å². The molecule has 0 aliphatic carbocycles. The van der Waals surface area contributed by atoms with Gasteiger partial charge in [-0.1, -0.05) is 41.7 Å². The van der Waals surface area contributed by atoms with E-state index in [9.17, 15) is 9.59 Å². The topological polar surface area (TPSA) is 74.3 Å². The van der Waals surface area contributed by atoms with Crippen molar-refractivity contribution in [1.29, 1.82) is 0 Å². The van der Waals surface area contributed by atoms with E-state index in [0.29, 0.717) is 30.2 Å². The molecule has 1 aliphatic heterocycles. The van der Waals surface area contributed by atoms with Crippen LogP contribution in [0.15, 0.2) is 42.5 Å². The zero-order valence-electron chi connectivity index (χ0n) is 15.9. The van der Waals surface area contributed by atoms with Gasteiger partial charge in [-0.3, -0.25) is 10.1 Å². The number of rotatable bonds is 3. The molecule has 6 nitrogen and oxygen atoms in total. The van der Waals surface area contributed by atoms with Gasteiger partial charge in [0.15, 0.2) is 5.13 Å². The van der Waals surface area contributed by atoms with E-state index in [2.05, 4.69) is 15.6 Å². The zero-order valence-corrected chi connectivity index (χ0v) is 16.7. The molecule has 1 aliphatic rings. The quantitative estimate of drug-likeness (QED) is 0.704. The third kappa shape index (κ3) is 3.84. The van der Waals surface area contributed by atoms with Gasteiger partial charge in [-0.2, -0.15) is 0 Å². The van der Waals surface area contributed by atoms with Crippen LogP contribution < -0.4 is 10.6 Å². The average molecular weight is 395 g/mol. The molecule has 0 bridgehead atoms. The summed E-state index contributed by atoms with van der Waals surface area (Å²) in [6.45, 7) is 4.96. The van der Waals surface area contributed by atoms with E-state index in [0.717, 1.165) is 21.3 Å². The van der Waals surface area contributed by atoms with E-state index in [1.165, 1.54) is 11.3 Å². The van der Waals surface area contributed by atoms with E-state index >= 15 is 0 Å². The number of fused-ring (bicyclic) bond motifs is 2. The summed E-state index contributed by atoms with van der Waals surface area (Å²) in [6, 6.07) is 13.6. The number of hydrogen-bond donors (Lipinski definition) is 2. The van der Waals surface area contributed by atoms with Gasteiger partial charge in [-0.05, 0) is 36.8 Å². The third-order valence-corrected chi connectivity index (χ3v) is 5.65. The Balaban J connectivity index is 1.48. The summed E-state index contributed by atoms with van der Waals surface area (Å²) in [5.74, 6) is 0.0249. The molecule has 3 amide bonds. The van der Waals surface area contributed by atoms with Crippen LogP contribution in [0.1, 0.15) is 34.8 Å². The Bertz CT molecular complexity index is 1040. The number of amides is 3. The van der Waals surface area contributed by atoms with Crippen LogP contribution in [-0.2, 0) is 13.0 Å². The standard InChI is InChI=1S/C21H22N4O2S/c1-13(2)22-20(27)24-21-23-17-9-10-25(12-18(17)28-21)19(26)16-8-7-14-5-3-4-6-15(14)11-16/h3-8,11,13H,9-10,12H2,1-2H3,(H2,22,23,24,27). The van der Waals surface area contributed by atoms with Crippen molar-refractivity contribution in [2.75, 3.05) is 11.9 Å². The number of thiazole rings is 1. The van der Waals surface area contributed by atoms with Gasteiger partial charge in [0.1, 0.15) is 0 Å². The molecule has 0 saturated heterocycles. The number of hydrogen-bond acceptors (Lipinski definition) is 4. The lowest BCUT2D eigenvalue weighted by Crippen LogP contribution is -2.35. The number of carbonyl (C=O) groups excluding carboxylic acids is 2. The maximum absolute atomic E-state index is 13.0. The van der Waals surface area contributed by atoms with Gasteiger partial charge in [0.25, 0.3) is 5.91 Å². The molecule has 2 heterocycles. The van der Waals surface area contributed by atoms with Gasteiger partial charge < -0.3 is 10.2 Å². The molecule has 28 heavy (non-hydrogen) atoms. The highest BCUT2D eigenvalue weighted by Crippen LogP contribution is 2.29. The van der Waals surface area contributed by atoms with E-state index in [1.54, 1.807) is 0 Å². The summed E-state index contributed by atoms with van der Waals surface area (Å²) in [5, 5.41) is 8.32. The van der Waals surface area contributed by atoms with Crippen molar-refractivity contribution in [3.05, 3.63) is 58.6 Å². The van der Waals surface area contributed by atoms with Crippen LogP contribution in [0.4, 0.5) is 9.93 Å². The molecular weight excluding hydrogens is 372 g/mol. The minimum atomic E-state index is -0.259. The summed E-state index contributed by atoms with van der Waals surface area (Å²) >= 11 is 1.43. The molecule has 0 unspecified atom stereocenters. The lowest BCUT2D eigenvalue weighted by Gasteiger charge is -2.26. The van der Waals surface area contributed by atoms with Crippen molar-refractivity contribution < 1.29 is 9.59 Å². The summed E-state index contributed by atoms with van der Waals surface area (Å²) in [4.78, 5) is 32.3. The Morgan fingerprint density at radius 3 is 2.71 bits per heavy atom. The number of carbonyl (C=O) groups is 2. The van der Waals surface area contributed by atoms with E-state index in [-0.39, 0.29) is 18.0 Å². The maximum atomic E-state index is 13.0. The fourth-order valence-electron chi connectivity index (χ4n) is 3.32. The highest BCUT2D eigenvalue weighted by molar-refractivity contribution is 7.15. The van der Waals surface area contributed by atoms with Crippen LogP contribution in [0.5, 0.6) is 0 Å². The van der Waals surface area contributed by atoms with Crippen molar-refractivity contribution in [3.63, 3.8) is 0 Å². The van der Waals surface area contributed by atoms with E-state index in [1.807, 2.05) is 61.2 Å². The van der Waals surface area contributed by atoms with E-state index in [4.69, 9.17) is 0 Å². The monoisotopic (exact) mass is 394 g/mol. The molecule has 2 aromatic carbocycles. The first-order valence-electron chi connectivity index (χ1n) is 9.34. The van der Waals surface area contributed by atoms with E-state index < -0.39 is 0 Å². The second-order valence-corrected chi connectivity index (χ2v) is 8.26. The maximum Gasteiger partial charge on any atom is 0.321 e. The predicted octanol–water partition coefficient (Wildman–Crippen LogP) is 4.02. The number of aromatic nitrogens is 1. The smallest absolute Gasteiger partial charge is 0.321 e. The van der Waals surface area contributed by atoms with Crippen molar-refractivity contribution in [1.82, 2.24) is 15.2 Å². The van der Waals surface area contributed by atoms with Gasteiger partial charge in [0.05, 0.1) is 12.2 Å². The molecular formula is C21H22N4O2S. The third-order valence-electron chi connectivity index (χ3n) is 4.66. The van der Waals surface area contributed by atoms with Gasteiger partial charge in [-0.15, -0.1) is 0 Å². The molecule has 7 heteroatoms. The van der Waals surface area contributed by atoms with Crippen LogP contribution in [0, 0.1) is 0 Å². The Morgan fingerprint density at radius 2 is 1.93 bits per heavy atom. The zero-order chi connectivity index (χ0) is 19.7. The van der Waals surface area contributed by atoms with Crippen LogP contribution >= 0.6 is 11.3 Å². The van der Waals surface area contributed by atoms with Crippen LogP contribution in [-0.4, -0.2) is 34.4 Å². The Kier molecular flexibility index (Phi) is 5.00. The van der Waals surface area contributed by atoms with Crippen molar-refractivity contribution >= 4 is 39.2 Å². The molecule has 0 atom stereocenters. The van der Waals surface area contributed by atoms with Gasteiger partial charge in [0.2, 0.25) is 0 Å². The van der Waals surface area contributed by atoms with Crippen LogP contribution in [0.3, 0.4) is 0 Å². The number of nitrogens with one attached hydrogen (secondary N) is 2. The van der Waals surface area contributed by atoms with Crippen molar-refractivity contribution in [2.24, 2.45) is 0 Å². The van der Waals surface area contributed by atoms with Gasteiger partial charge in [0, 0.05) is 29.4 Å². The second-order valence-electron chi connectivity index (χ2n) is 7.18. The first-order chi connectivity index (χ1) is 13.5. The molecule has 2 N–H and O–H groups in total. The Hall–Kier alpha value is -2.93. The first-order valence-corrected chi connectivity index (χ1v) is 10.2. The number of nitrogens with zero attached hydrogens (tertiary/aromatic N) is 2. The molecule has 0 fully saturated rings. The van der Waals surface area contributed by atoms with Gasteiger partial charge in [-0.25, -0.2) is 9.78 Å². The fraction of sp³-hybridized carbons (Fsp3) is 0.286. The molecule has 0 saturated carbocycles. The number of anilines is 1. The normalized spacial score (nSPS) is 13.5. The fourth-order valence-corrected chi connectivity index (χ4v) is 4.34. The number of benzene rings is 2. The van der Waals surface area contributed by atoms with Crippen LogP contribution in [0.25, 0.3) is 10.8 Å². The summed E-state index contributed by atoms with van der Waals surface area (Å²) in [6.07, 6.45) is 0.693. The molecule has 0 spiro atoms. The average Bonchev–Trinajstić information content (AvgIpc) is 3.07. The lowest BCUT2D eigenvalue weighted by atomic mass is 10.1.